The maximum absolute atomic E-state index is 13.7. The molecule has 4 N–H and O–H groups in total. The van der Waals surface area contributed by atoms with Crippen LogP contribution in [0.5, 0.6) is 5.75 Å². The molecule has 0 spiro atoms. The van der Waals surface area contributed by atoms with Crippen molar-refractivity contribution in [3.63, 3.8) is 0 Å². The Morgan fingerprint density at radius 2 is 1.90 bits per heavy atom. The zero-order valence-corrected chi connectivity index (χ0v) is 11.5. The van der Waals surface area contributed by atoms with Gasteiger partial charge in [0.25, 0.3) is 5.91 Å². The highest BCUT2D eigenvalue weighted by Gasteiger charge is 2.14. The number of hydrogen-bond acceptors (Lipinski definition) is 4. The molecule has 0 saturated carbocycles. The molecule has 0 aliphatic heterocycles. The van der Waals surface area contributed by atoms with Crippen molar-refractivity contribution in [1.82, 2.24) is 10.6 Å². The van der Waals surface area contributed by atoms with Crippen LogP contribution in [-0.4, -0.2) is 25.1 Å². The first-order valence-corrected chi connectivity index (χ1v) is 6.34. The van der Waals surface area contributed by atoms with Crippen LogP contribution in [0, 0.1) is 11.6 Å². The molecular formula is C13H17F2N3O3. The number of halogens is 2. The fraction of sp³-hybridized carbons (Fsp3) is 0.385. The summed E-state index contributed by atoms with van der Waals surface area (Å²) >= 11 is 0. The number of carbonyl (C=O) groups is 2. The van der Waals surface area contributed by atoms with Gasteiger partial charge in [-0.25, -0.2) is 13.6 Å². The van der Waals surface area contributed by atoms with Crippen molar-refractivity contribution in [3.05, 3.63) is 29.3 Å². The van der Waals surface area contributed by atoms with Crippen molar-refractivity contribution in [2.75, 3.05) is 13.2 Å². The molecule has 1 rings (SSSR count). The van der Waals surface area contributed by atoms with Gasteiger partial charge in [-0.1, -0.05) is 6.92 Å². The van der Waals surface area contributed by atoms with Gasteiger partial charge in [0.1, 0.15) is 0 Å². The molecule has 0 heterocycles. The topological polar surface area (TPSA) is 93.4 Å². The molecule has 0 atom stereocenters. The number of imide groups is 1. The van der Waals surface area contributed by atoms with Crippen molar-refractivity contribution < 1.29 is 23.1 Å². The summed E-state index contributed by atoms with van der Waals surface area (Å²) in [6, 6.07) is 1.17. The molecule has 116 valence electrons. The summed E-state index contributed by atoms with van der Waals surface area (Å²) in [5.41, 5.74) is 5.14. The Balaban J connectivity index is 2.67. The molecule has 0 fully saturated rings. The first-order valence-electron chi connectivity index (χ1n) is 6.34. The number of primary amides is 1. The highest BCUT2D eigenvalue weighted by atomic mass is 19.1. The molecule has 8 heteroatoms. The minimum atomic E-state index is -1.07. The second kappa shape index (κ2) is 8.15. The van der Waals surface area contributed by atoms with Crippen molar-refractivity contribution in [1.29, 1.82) is 0 Å². The Bertz CT molecular complexity index is 500. The lowest BCUT2D eigenvalue weighted by atomic mass is 10.2. The van der Waals surface area contributed by atoms with Crippen LogP contribution in [0.2, 0.25) is 0 Å². The van der Waals surface area contributed by atoms with E-state index >= 15 is 0 Å². The van der Waals surface area contributed by atoms with Crippen molar-refractivity contribution in [3.8, 4) is 5.75 Å². The minimum absolute atomic E-state index is 0.324. The minimum Gasteiger partial charge on any atom is -0.478 e. The number of ether oxygens (including phenoxy) is 1. The average Bonchev–Trinajstić information content (AvgIpc) is 2.37. The molecule has 21 heavy (non-hydrogen) atoms. The maximum Gasteiger partial charge on any atom is 0.318 e. The number of carbonyl (C=O) groups excluding carboxylic acids is 2. The summed E-state index contributed by atoms with van der Waals surface area (Å²) in [7, 11) is 0. The lowest BCUT2D eigenvalue weighted by Gasteiger charge is -2.10. The fourth-order valence-electron chi connectivity index (χ4n) is 1.57. The normalized spacial score (nSPS) is 10.2. The van der Waals surface area contributed by atoms with Crippen LogP contribution in [0.3, 0.4) is 0 Å². The van der Waals surface area contributed by atoms with Gasteiger partial charge in [0.2, 0.25) is 0 Å². The van der Waals surface area contributed by atoms with Gasteiger partial charge < -0.3 is 15.8 Å². The number of hydrogen-bond donors (Lipinski definition) is 3. The predicted octanol–water partition coefficient (Wildman–Crippen LogP) is 1.04. The summed E-state index contributed by atoms with van der Waals surface area (Å²) in [5, 5.41) is 4.73. The lowest BCUT2D eigenvalue weighted by molar-refractivity contribution is -0.122. The molecule has 1 aromatic rings. The molecule has 3 amide bonds. The van der Waals surface area contributed by atoms with E-state index < -0.39 is 35.9 Å². The zero-order valence-electron chi connectivity index (χ0n) is 11.5. The molecule has 1 aromatic carbocycles. The van der Waals surface area contributed by atoms with E-state index in [9.17, 15) is 18.4 Å². The smallest absolute Gasteiger partial charge is 0.318 e. The second-order valence-corrected chi connectivity index (χ2v) is 4.27. The molecule has 0 radical (unpaired) electrons. The van der Waals surface area contributed by atoms with Crippen LogP contribution >= 0.6 is 0 Å². The van der Waals surface area contributed by atoms with E-state index in [0.29, 0.717) is 12.1 Å². The number of rotatable bonds is 7. The summed E-state index contributed by atoms with van der Waals surface area (Å²) in [4.78, 5) is 21.5. The van der Waals surface area contributed by atoms with Crippen molar-refractivity contribution in [2.24, 2.45) is 5.73 Å². The molecule has 6 nitrogen and oxygen atoms in total. The lowest BCUT2D eigenvalue weighted by Crippen LogP contribution is -2.38. The van der Waals surface area contributed by atoms with Gasteiger partial charge >= 0.3 is 6.03 Å². The van der Waals surface area contributed by atoms with Crippen molar-refractivity contribution in [2.45, 2.75) is 19.9 Å². The maximum atomic E-state index is 13.7. The van der Waals surface area contributed by atoms with E-state index in [4.69, 9.17) is 10.5 Å². The quantitative estimate of drug-likeness (QED) is 0.656. The predicted molar refractivity (Wildman–Crippen MR) is 71.6 cm³/mol. The monoisotopic (exact) mass is 301 g/mol. The van der Waals surface area contributed by atoms with E-state index in [0.717, 1.165) is 25.1 Å². The van der Waals surface area contributed by atoms with E-state index in [1.54, 1.807) is 5.32 Å². The summed E-state index contributed by atoms with van der Waals surface area (Å²) in [5.74, 6) is -3.41. The molecule has 0 unspecified atom stereocenters. The summed E-state index contributed by atoms with van der Waals surface area (Å²) in [6.07, 6.45) is 0.904. The Labute approximate surface area is 120 Å². The Morgan fingerprint density at radius 1 is 1.29 bits per heavy atom. The SMILES string of the molecule is CCCNCc1cc(F)c(OCC(=O)NC(N)=O)c(F)c1. The van der Waals surface area contributed by atoms with Crippen molar-refractivity contribution >= 4 is 11.9 Å². The summed E-state index contributed by atoms with van der Waals surface area (Å²) in [6.45, 7) is 2.31. The van der Waals surface area contributed by atoms with Crippen LogP contribution in [0.25, 0.3) is 0 Å². The Morgan fingerprint density at radius 3 is 2.43 bits per heavy atom. The molecule has 0 aliphatic rings. The van der Waals surface area contributed by atoms with Crippen LogP contribution in [-0.2, 0) is 11.3 Å². The average molecular weight is 301 g/mol. The van der Waals surface area contributed by atoms with Gasteiger partial charge in [0, 0.05) is 6.54 Å². The fourth-order valence-corrected chi connectivity index (χ4v) is 1.57. The van der Waals surface area contributed by atoms with Gasteiger partial charge in [0.05, 0.1) is 0 Å². The number of urea groups is 1. The molecule has 0 aliphatic carbocycles. The standard InChI is InChI=1S/C13H17F2N3O3/c1-2-3-17-6-8-4-9(14)12(10(15)5-8)21-7-11(19)18-13(16)20/h4-5,17H,2-3,6-7H2,1H3,(H3,16,18,19,20). The van der Waals surface area contributed by atoms with Crippen LogP contribution in [0.15, 0.2) is 12.1 Å². The zero-order chi connectivity index (χ0) is 15.8. The van der Waals surface area contributed by atoms with E-state index in [1.807, 2.05) is 6.92 Å². The Hall–Kier alpha value is -2.22. The Kier molecular flexibility index (Phi) is 6.54. The number of nitrogens with one attached hydrogen (secondary N) is 2. The third-order valence-corrected chi connectivity index (χ3v) is 2.42. The van der Waals surface area contributed by atoms with E-state index in [1.165, 1.54) is 0 Å². The van der Waals surface area contributed by atoms with Gasteiger partial charge in [-0.2, -0.15) is 0 Å². The first-order chi connectivity index (χ1) is 9.93. The first kappa shape index (κ1) is 16.8. The second-order valence-electron chi connectivity index (χ2n) is 4.27. The third-order valence-electron chi connectivity index (χ3n) is 2.42. The van der Waals surface area contributed by atoms with Gasteiger partial charge in [-0.3, -0.25) is 10.1 Å². The number of benzene rings is 1. The largest absolute Gasteiger partial charge is 0.478 e. The highest BCUT2D eigenvalue weighted by molar-refractivity contribution is 5.94. The highest BCUT2D eigenvalue weighted by Crippen LogP contribution is 2.23. The molecule has 0 aromatic heterocycles. The number of amides is 3. The van der Waals surface area contributed by atoms with E-state index in [2.05, 4.69) is 5.32 Å². The van der Waals surface area contributed by atoms with Gasteiger partial charge in [-0.15, -0.1) is 0 Å². The van der Waals surface area contributed by atoms with Crippen LogP contribution in [0.1, 0.15) is 18.9 Å². The van der Waals surface area contributed by atoms with Gasteiger partial charge in [0.15, 0.2) is 24.0 Å². The van der Waals surface area contributed by atoms with E-state index in [-0.39, 0.29) is 0 Å². The molecule has 0 bridgehead atoms. The third kappa shape index (κ3) is 5.74. The molecular weight excluding hydrogens is 284 g/mol. The van der Waals surface area contributed by atoms with Crippen LogP contribution < -0.4 is 21.1 Å². The number of nitrogens with two attached hydrogens (primary N) is 1. The molecule has 0 saturated heterocycles. The summed E-state index contributed by atoms with van der Waals surface area (Å²) < 4.78 is 32.2. The van der Waals surface area contributed by atoms with Gasteiger partial charge in [-0.05, 0) is 30.7 Å². The van der Waals surface area contributed by atoms with Crippen LogP contribution in [0.4, 0.5) is 13.6 Å².